The molecule has 1 heterocycles. The largest absolute Gasteiger partial charge is 0.396 e. The van der Waals surface area contributed by atoms with Crippen LogP contribution >= 0.6 is 0 Å². The molecular weight excluding hydrogens is 217 g/mol. The molecule has 0 amide bonds. The van der Waals surface area contributed by atoms with Crippen LogP contribution in [-0.4, -0.2) is 11.5 Å². The van der Waals surface area contributed by atoms with Gasteiger partial charge in [-0.25, -0.2) is 4.39 Å². The molecule has 3 N–H and O–H groups in total. The Hall–Kier alpha value is -2.10. The molecular formula is C13H14FN3. The van der Waals surface area contributed by atoms with Gasteiger partial charge in [-0.15, -0.1) is 0 Å². The van der Waals surface area contributed by atoms with E-state index in [1.54, 1.807) is 18.3 Å². The highest BCUT2D eigenvalue weighted by molar-refractivity contribution is 5.52. The highest BCUT2D eigenvalue weighted by Crippen LogP contribution is 2.15. The summed E-state index contributed by atoms with van der Waals surface area (Å²) in [6.07, 6.45) is 4.41. The van der Waals surface area contributed by atoms with Gasteiger partial charge in [0, 0.05) is 24.6 Å². The molecule has 0 aliphatic rings. The van der Waals surface area contributed by atoms with Gasteiger partial charge in [0.25, 0.3) is 0 Å². The van der Waals surface area contributed by atoms with E-state index >= 15 is 0 Å². The van der Waals surface area contributed by atoms with Crippen molar-refractivity contribution in [2.75, 3.05) is 17.6 Å². The number of halogens is 1. The summed E-state index contributed by atoms with van der Waals surface area (Å²) >= 11 is 0. The van der Waals surface area contributed by atoms with Gasteiger partial charge in [-0.2, -0.15) is 0 Å². The highest BCUT2D eigenvalue weighted by atomic mass is 19.1. The lowest BCUT2D eigenvalue weighted by molar-refractivity contribution is 0.633. The zero-order valence-electron chi connectivity index (χ0n) is 9.36. The molecule has 0 aliphatic carbocycles. The van der Waals surface area contributed by atoms with Crippen LogP contribution in [-0.2, 0) is 6.42 Å². The standard InChI is InChI=1S/C13H14FN3/c14-12-8-11(3-4-13(12)15)17-7-5-10-2-1-6-16-9-10/h1-4,6,8-9,17H,5,7,15H2. The third-order valence-corrected chi connectivity index (χ3v) is 2.47. The maximum atomic E-state index is 13.2. The van der Waals surface area contributed by atoms with Gasteiger partial charge in [0.2, 0.25) is 0 Å². The molecule has 0 saturated heterocycles. The van der Waals surface area contributed by atoms with E-state index < -0.39 is 5.82 Å². The molecule has 0 unspecified atom stereocenters. The fraction of sp³-hybridized carbons (Fsp3) is 0.154. The Morgan fingerprint density at radius 2 is 2.18 bits per heavy atom. The van der Waals surface area contributed by atoms with E-state index in [4.69, 9.17) is 5.73 Å². The van der Waals surface area contributed by atoms with Gasteiger partial charge in [0.1, 0.15) is 5.82 Å². The quantitative estimate of drug-likeness (QED) is 0.795. The van der Waals surface area contributed by atoms with Gasteiger partial charge in [-0.1, -0.05) is 6.07 Å². The second-order valence-electron chi connectivity index (χ2n) is 3.77. The molecule has 0 aliphatic heterocycles. The number of nitrogens with one attached hydrogen (secondary N) is 1. The minimum absolute atomic E-state index is 0.169. The number of aromatic nitrogens is 1. The summed E-state index contributed by atoms with van der Waals surface area (Å²) < 4.78 is 13.2. The second-order valence-corrected chi connectivity index (χ2v) is 3.77. The lowest BCUT2D eigenvalue weighted by atomic mass is 10.2. The van der Waals surface area contributed by atoms with E-state index in [1.807, 2.05) is 18.3 Å². The summed E-state index contributed by atoms with van der Waals surface area (Å²) in [5, 5.41) is 3.14. The topological polar surface area (TPSA) is 50.9 Å². The summed E-state index contributed by atoms with van der Waals surface area (Å²) in [4.78, 5) is 4.03. The molecule has 2 rings (SSSR count). The first kappa shape index (κ1) is 11.4. The van der Waals surface area contributed by atoms with Crippen molar-refractivity contribution in [3.63, 3.8) is 0 Å². The van der Waals surface area contributed by atoms with Crippen molar-refractivity contribution in [3.8, 4) is 0 Å². The highest BCUT2D eigenvalue weighted by Gasteiger charge is 1.99. The normalized spacial score (nSPS) is 10.2. The molecule has 88 valence electrons. The van der Waals surface area contributed by atoms with Gasteiger partial charge in [-0.3, -0.25) is 4.98 Å². The lowest BCUT2D eigenvalue weighted by Gasteiger charge is -2.07. The number of anilines is 2. The molecule has 1 aromatic carbocycles. The van der Waals surface area contributed by atoms with Crippen LogP contribution < -0.4 is 11.1 Å². The zero-order chi connectivity index (χ0) is 12.1. The Labute approximate surface area is 99.5 Å². The van der Waals surface area contributed by atoms with Crippen LogP contribution in [0.4, 0.5) is 15.8 Å². The number of rotatable bonds is 4. The predicted molar refractivity (Wildman–Crippen MR) is 67.2 cm³/mol. The van der Waals surface area contributed by atoms with E-state index in [2.05, 4.69) is 10.3 Å². The molecule has 0 atom stereocenters. The SMILES string of the molecule is Nc1ccc(NCCc2cccnc2)cc1F. The molecule has 2 aromatic rings. The van der Waals surface area contributed by atoms with E-state index in [1.165, 1.54) is 6.07 Å². The maximum absolute atomic E-state index is 13.2. The Morgan fingerprint density at radius 3 is 2.88 bits per heavy atom. The Morgan fingerprint density at radius 1 is 1.29 bits per heavy atom. The number of hydrogen-bond donors (Lipinski definition) is 2. The lowest BCUT2D eigenvalue weighted by Crippen LogP contribution is -2.05. The van der Waals surface area contributed by atoms with Crippen LogP contribution in [0.15, 0.2) is 42.7 Å². The van der Waals surface area contributed by atoms with Gasteiger partial charge >= 0.3 is 0 Å². The van der Waals surface area contributed by atoms with E-state index in [-0.39, 0.29) is 5.69 Å². The summed E-state index contributed by atoms with van der Waals surface area (Å²) in [6, 6.07) is 8.64. The molecule has 4 heteroatoms. The van der Waals surface area contributed by atoms with Gasteiger partial charge in [0.05, 0.1) is 5.69 Å². The average molecular weight is 231 g/mol. The number of pyridine rings is 1. The van der Waals surface area contributed by atoms with Gasteiger partial charge < -0.3 is 11.1 Å². The molecule has 0 saturated carbocycles. The van der Waals surface area contributed by atoms with Crippen LogP contribution in [0, 0.1) is 5.82 Å². The van der Waals surface area contributed by atoms with Crippen molar-refractivity contribution in [1.82, 2.24) is 4.98 Å². The van der Waals surface area contributed by atoms with E-state index in [0.29, 0.717) is 0 Å². The van der Waals surface area contributed by atoms with Crippen molar-refractivity contribution in [1.29, 1.82) is 0 Å². The van der Waals surface area contributed by atoms with Crippen molar-refractivity contribution >= 4 is 11.4 Å². The van der Waals surface area contributed by atoms with Crippen LogP contribution in [0.25, 0.3) is 0 Å². The Kier molecular flexibility index (Phi) is 3.55. The molecule has 3 nitrogen and oxygen atoms in total. The smallest absolute Gasteiger partial charge is 0.148 e. The summed E-state index contributed by atoms with van der Waals surface area (Å²) in [5.41, 5.74) is 7.45. The second kappa shape index (κ2) is 5.30. The molecule has 0 bridgehead atoms. The van der Waals surface area contributed by atoms with Crippen LogP contribution in [0.2, 0.25) is 0 Å². The summed E-state index contributed by atoms with van der Waals surface area (Å²) in [5.74, 6) is -0.392. The fourth-order valence-electron chi connectivity index (χ4n) is 1.53. The molecule has 0 radical (unpaired) electrons. The summed E-state index contributed by atoms with van der Waals surface area (Å²) in [7, 11) is 0. The van der Waals surface area contributed by atoms with Crippen LogP contribution in [0.3, 0.4) is 0 Å². The number of hydrogen-bond acceptors (Lipinski definition) is 3. The average Bonchev–Trinajstić information content (AvgIpc) is 2.35. The third kappa shape index (κ3) is 3.17. The number of nitrogens with zero attached hydrogens (tertiary/aromatic N) is 1. The van der Waals surface area contributed by atoms with Crippen LogP contribution in [0.1, 0.15) is 5.56 Å². The Bertz CT molecular complexity index is 485. The number of nitrogens with two attached hydrogens (primary N) is 1. The van der Waals surface area contributed by atoms with Crippen molar-refractivity contribution in [2.45, 2.75) is 6.42 Å². The first-order valence-electron chi connectivity index (χ1n) is 5.43. The first-order chi connectivity index (χ1) is 8.25. The van der Waals surface area contributed by atoms with E-state index in [9.17, 15) is 4.39 Å². The van der Waals surface area contributed by atoms with Crippen molar-refractivity contribution in [2.24, 2.45) is 0 Å². The van der Waals surface area contributed by atoms with Crippen LogP contribution in [0.5, 0.6) is 0 Å². The molecule has 0 spiro atoms. The summed E-state index contributed by atoms with van der Waals surface area (Å²) in [6.45, 7) is 0.731. The number of nitrogen functional groups attached to an aromatic ring is 1. The van der Waals surface area contributed by atoms with Crippen molar-refractivity contribution in [3.05, 3.63) is 54.1 Å². The third-order valence-electron chi connectivity index (χ3n) is 2.47. The zero-order valence-corrected chi connectivity index (χ0v) is 9.36. The van der Waals surface area contributed by atoms with Gasteiger partial charge in [0.15, 0.2) is 0 Å². The molecule has 0 fully saturated rings. The minimum atomic E-state index is -0.392. The maximum Gasteiger partial charge on any atom is 0.148 e. The minimum Gasteiger partial charge on any atom is -0.396 e. The van der Waals surface area contributed by atoms with E-state index in [0.717, 1.165) is 24.2 Å². The monoisotopic (exact) mass is 231 g/mol. The predicted octanol–water partition coefficient (Wildman–Crippen LogP) is 2.46. The fourth-order valence-corrected chi connectivity index (χ4v) is 1.53. The van der Waals surface area contributed by atoms with Gasteiger partial charge in [-0.05, 0) is 36.2 Å². The Balaban J connectivity index is 1.88. The number of benzene rings is 1. The molecule has 17 heavy (non-hydrogen) atoms. The van der Waals surface area contributed by atoms with Crippen molar-refractivity contribution < 1.29 is 4.39 Å². The molecule has 1 aromatic heterocycles. The first-order valence-corrected chi connectivity index (χ1v) is 5.43.